The molecule has 8 heteroatoms. The van der Waals surface area contributed by atoms with Gasteiger partial charge in [0.15, 0.2) is 5.96 Å². The second-order valence-electron chi connectivity index (χ2n) is 6.53. The average molecular weight is 475 g/mol. The van der Waals surface area contributed by atoms with E-state index in [9.17, 15) is 9.18 Å². The molecule has 2 heterocycles. The minimum atomic E-state index is -0.214. The number of guanidine groups is 1. The fourth-order valence-electron chi connectivity index (χ4n) is 3.34. The van der Waals surface area contributed by atoms with Gasteiger partial charge in [0.1, 0.15) is 5.82 Å². The first-order valence-electron chi connectivity index (χ1n) is 8.96. The molecule has 1 aromatic rings. The maximum Gasteiger partial charge on any atom is 0.222 e. The lowest BCUT2D eigenvalue weighted by atomic mass is 10.2. The largest absolute Gasteiger partial charge is 0.370 e. The van der Waals surface area contributed by atoms with Gasteiger partial charge in [-0.15, -0.1) is 24.0 Å². The summed E-state index contributed by atoms with van der Waals surface area (Å²) < 4.78 is 13.0. The normalized spacial score (nSPS) is 18.3. The van der Waals surface area contributed by atoms with E-state index in [-0.39, 0.29) is 35.7 Å². The first-order chi connectivity index (χ1) is 12.1. The Bertz CT molecular complexity index is 617. The predicted molar refractivity (Wildman–Crippen MR) is 113 cm³/mol. The number of carbonyl (C=O) groups excluding carboxylic acids is 1. The number of hydrogen-bond donors (Lipinski definition) is 1. The van der Waals surface area contributed by atoms with Gasteiger partial charge in [0, 0.05) is 57.9 Å². The molecular weight excluding hydrogens is 448 g/mol. The fourth-order valence-corrected chi connectivity index (χ4v) is 3.34. The molecule has 1 aromatic carbocycles. The van der Waals surface area contributed by atoms with Gasteiger partial charge in [0.25, 0.3) is 0 Å². The molecule has 0 aliphatic carbocycles. The number of carbonyl (C=O) groups is 1. The van der Waals surface area contributed by atoms with Gasteiger partial charge in [-0.1, -0.05) is 0 Å². The molecule has 0 atom stereocenters. The summed E-state index contributed by atoms with van der Waals surface area (Å²) in [5.74, 6) is 0.620. The van der Waals surface area contributed by atoms with Crippen molar-refractivity contribution in [3.63, 3.8) is 0 Å². The van der Waals surface area contributed by atoms with Crippen LogP contribution in [0.4, 0.5) is 10.1 Å². The minimum absolute atomic E-state index is 0. The van der Waals surface area contributed by atoms with Crippen molar-refractivity contribution in [2.75, 3.05) is 50.7 Å². The van der Waals surface area contributed by atoms with Crippen molar-refractivity contribution >= 4 is 41.5 Å². The summed E-state index contributed by atoms with van der Waals surface area (Å²) in [4.78, 5) is 22.2. The number of nitrogens with zero attached hydrogens (tertiary/aromatic N) is 4. The van der Waals surface area contributed by atoms with Crippen LogP contribution in [0.3, 0.4) is 0 Å². The molecule has 1 amide bonds. The van der Waals surface area contributed by atoms with Gasteiger partial charge in [-0.2, -0.15) is 0 Å². The van der Waals surface area contributed by atoms with Gasteiger partial charge < -0.3 is 20.4 Å². The van der Waals surface area contributed by atoms with Crippen molar-refractivity contribution in [2.45, 2.75) is 19.3 Å². The highest BCUT2D eigenvalue weighted by Gasteiger charge is 2.20. The van der Waals surface area contributed by atoms with E-state index >= 15 is 0 Å². The van der Waals surface area contributed by atoms with Crippen LogP contribution in [0.5, 0.6) is 0 Å². The number of hydrogen-bond acceptors (Lipinski definition) is 3. The van der Waals surface area contributed by atoms with E-state index in [0.29, 0.717) is 18.9 Å². The third-order valence-corrected chi connectivity index (χ3v) is 4.83. The molecule has 0 bridgehead atoms. The molecule has 6 nitrogen and oxygen atoms in total. The highest BCUT2D eigenvalue weighted by Crippen LogP contribution is 2.16. The summed E-state index contributed by atoms with van der Waals surface area (Å²) in [6.07, 6.45) is 2.51. The highest BCUT2D eigenvalue weighted by atomic mass is 127. The van der Waals surface area contributed by atoms with E-state index in [2.05, 4.69) is 14.8 Å². The van der Waals surface area contributed by atoms with E-state index in [4.69, 9.17) is 5.73 Å². The summed E-state index contributed by atoms with van der Waals surface area (Å²) >= 11 is 0. The van der Waals surface area contributed by atoms with Crippen molar-refractivity contribution in [3.05, 3.63) is 30.1 Å². The number of likely N-dealkylation sites (tertiary alicyclic amines) is 1. The molecule has 3 rings (SSSR count). The first kappa shape index (κ1) is 20.7. The second-order valence-corrected chi connectivity index (χ2v) is 6.53. The predicted octanol–water partition coefficient (Wildman–Crippen LogP) is 1.89. The van der Waals surface area contributed by atoms with Crippen LogP contribution >= 0.6 is 24.0 Å². The number of nitrogens with two attached hydrogens (primary N) is 1. The zero-order valence-corrected chi connectivity index (χ0v) is 17.3. The van der Waals surface area contributed by atoms with Crippen molar-refractivity contribution in [1.82, 2.24) is 9.80 Å². The van der Waals surface area contributed by atoms with E-state index in [1.807, 2.05) is 17.0 Å². The monoisotopic (exact) mass is 475 g/mol. The molecule has 0 radical (unpaired) electrons. The number of piperazine rings is 1. The van der Waals surface area contributed by atoms with E-state index < -0.39 is 0 Å². The molecule has 144 valence electrons. The Morgan fingerprint density at radius 2 is 1.81 bits per heavy atom. The number of amides is 1. The van der Waals surface area contributed by atoms with Crippen LogP contribution in [0.15, 0.2) is 29.3 Å². The lowest BCUT2D eigenvalue weighted by molar-refractivity contribution is -0.127. The Morgan fingerprint density at radius 1 is 1.12 bits per heavy atom. The van der Waals surface area contributed by atoms with Crippen LogP contribution in [0.25, 0.3) is 0 Å². The molecular formula is C18H27FIN5O. The second kappa shape index (κ2) is 9.94. The summed E-state index contributed by atoms with van der Waals surface area (Å²) in [6, 6.07) is 6.59. The fraction of sp³-hybridized carbons (Fsp3) is 0.556. The van der Waals surface area contributed by atoms with E-state index in [1.54, 1.807) is 0 Å². The zero-order valence-electron chi connectivity index (χ0n) is 14.9. The minimum Gasteiger partial charge on any atom is -0.370 e. The Kier molecular flexibility index (Phi) is 7.92. The smallest absolute Gasteiger partial charge is 0.222 e. The molecule has 2 N–H and O–H groups in total. The van der Waals surface area contributed by atoms with E-state index in [0.717, 1.165) is 57.8 Å². The molecule has 0 aromatic heterocycles. The van der Waals surface area contributed by atoms with Crippen molar-refractivity contribution in [2.24, 2.45) is 10.7 Å². The van der Waals surface area contributed by atoms with Gasteiger partial charge in [0.05, 0.1) is 0 Å². The van der Waals surface area contributed by atoms with Gasteiger partial charge in [-0.05, 0) is 37.1 Å². The molecule has 2 fully saturated rings. The summed E-state index contributed by atoms with van der Waals surface area (Å²) in [7, 11) is 0. The Morgan fingerprint density at radius 3 is 2.42 bits per heavy atom. The molecule has 0 spiro atoms. The third-order valence-electron chi connectivity index (χ3n) is 4.83. The topological polar surface area (TPSA) is 65.2 Å². The SMILES string of the molecule is I.NC(=NCCCN1CCCC1=O)N1CCN(c2ccc(F)cc2)CC1. The Balaban J connectivity index is 0.00000243. The number of anilines is 1. The van der Waals surface area contributed by atoms with Gasteiger partial charge in [-0.25, -0.2) is 4.39 Å². The molecule has 0 saturated carbocycles. The lowest BCUT2D eigenvalue weighted by Gasteiger charge is -2.36. The van der Waals surface area contributed by atoms with Gasteiger partial charge in [-0.3, -0.25) is 9.79 Å². The van der Waals surface area contributed by atoms with Gasteiger partial charge in [0.2, 0.25) is 5.91 Å². The van der Waals surface area contributed by atoms with E-state index in [1.165, 1.54) is 12.1 Å². The summed E-state index contributed by atoms with van der Waals surface area (Å²) in [6.45, 7) is 5.58. The molecule has 2 aliphatic rings. The first-order valence-corrected chi connectivity index (χ1v) is 8.96. The highest BCUT2D eigenvalue weighted by molar-refractivity contribution is 14.0. The van der Waals surface area contributed by atoms with Crippen molar-refractivity contribution < 1.29 is 9.18 Å². The molecule has 0 unspecified atom stereocenters. The van der Waals surface area contributed by atoms with Crippen LogP contribution in [0.2, 0.25) is 0 Å². The van der Waals surface area contributed by atoms with Crippen LogP contribution < -0.4 is 10.6 Å². The van der Waals surface area contributed by atoms with Crippen LogP contribution in [0, 0.1) is 5.82 Å². The lowest BCUT2D eigenvalue weighted by Crippen LogP contribution is -2.51. The van der Waals surface area contributed by atoms with Crippen LogP contribution in [-0.2, 0) is 4.79 Å². The average Bonchev–Trinajstić information content (AvgIpc) is 3.04. The number of benzene rings is 1. The van der Waals surface area contributed by atoms with Crippen LogP contribution in [0.1, 0.15) is 19.3 Å². The van der Waals surface area contributed by atoms with Crippen molar-refractivity contribution in [3.8, 4) is 0 Å². The molecule has 2 saturated heterocycles. The number of halogens is 2. The maximum atomic E-state index is 13.0. The summed E-state index contributed by atoms with van der Waals surface area (Å²) in [5, 5.41) is 0. The molecule has 26 heavy (non-hydrogen) atoms. The zero-order chi connectivity index (χ0) is 17.6. The maximum absolute atomic E-state index is 13.0. The quantitative estimate of drug-likeness (QED) is 0.306. The van der Waals surface area contributed by atoms with Crippen molar-refractivity contribution in [1.29, 1.82) is 0 Å². The Hall–Kier alpha value is -1.58. The summed E-state index contributed by atoms with van der Waals surface area (Å²) in [5.41, 5.74) is 7.14. The van der Waals surface area contributed by atoms with Crippen LogP contribution in [-0.4, -0.2) is 67.5 Å². The molecule has 2 aliphatic heterocycles. The Labute approximate surface area is 171 Å². The number of aliphatic imine (C=N–C) groups is 1. The van der Waals surface area contributed by atoms with Gasteiger partial charge >= 0.3 is 0 Å². The third kappa shape index (κ3) is 5.46. The standard InChI is InChI=1S/C18H26FN5O.HI/c19-15-4-6-16(7-5-15)22-11-13-24(14-12-22)18(20)21-8-2-10-23-9-1-3-17(23)25;/h4-7H,1-3,8-14H2,(H2,20,21);1H. The number of rotatable bonds is 5.